The Kier molecular flexibility index (Phi) is 6.55. The SMILES string of the molecule is Cc1ccccc1C1(c2ccccc2C)c2ccccc2-c2c(-n3c4ccccc4c4cc(-n5c6ccccc6c6ccccc65)ccc43)ccc(C)c21. The molecule has 2 heteroatoms. The van der Waals surface area contributed by atoms with E-state index in [1.54, 1.807) is 0 Å². The van der Waals surface area contributed by atoms with Gasteiger partial charge in [-0.3, -0.25) is 0 Å². The summed E-state index contributed by atoms with van der Waals surface area (Å²) in [6, 6.07) is 65.4. The van der Waals surface area contributed by atoms with Gasteiger partial charge in [0.15, 0.2) is 0 Å². The number of para-hydroxylation sites is 3. The second-order valence-electron chi connectivity index (χ2n) is 15.0. The topological polar surface area (TPSA) is 9.86 Å². The molecule has 54 heavy (non-hydrogen) atoms. The summed E-state index contributed by atoms with van der Waals surface area (Å²) in [5.74, 6) is 0. The van der Waals surface area contributed by atoms with Crippen LogP contribution in [0.5, 0.6) is 0 Å². The highest BCUT2D eigenvalue weighted by Gasteiger charge is 2.49. The fourth-order valence-electron chi connectivity index (χ4n) is 10.1. The number of aryl methyl sites for hydroxylation is 3. The molecule has 0 fully saturated rings. The molecular weight excluding hydrogens is 653 g/mol. The smallest absolute Gasteiger partial charge is 0.0722 e. The number of nitrogens with zero attached hydrogens (tertiary/aromatic N) is 2. The van der Waals surface area contributed by atoms with Gasteiger partial charge in [0.05, 0.1) is 33.2 Å². The van der Waals surface area contributed by atoms with Crippen LogP contribution >= 0.6 is 0 Å². The van der Waals surface area contributed by atoms with Gasteiger partial charge in [0, 0.05) is 32.8 Å². The standard InChI is InChI=1S/C52H38N2/c1-33-16-4-10-22-42(33)52(43-23-11-5-17-34(43)2)44-24-12-6-21-40(44)50-49(30-28-35(3)51(50)52)54-47-27-15-9-20-39(47)41-32-36(29-31-48(41)54)53-45-25-13-7-18-37(45)38-19-8-14-26-46(38)53/h4-32H,1-3H3. The van der Waals surface area contributed by atoms with Crippen LogP contribution in [-0.2, 0) is 5.41 Å². The lowest BCUT2D eigenvalue weighted by molar-refractivity contribution is 0.747. The minimum atomic E-state index is -0.481. The van der Waals surface area contributed by atoms with E-state index in [0.717, 1.165) is 0 Å². The van der Waals surface area contributed by atoms with Gasteiger partial charge in [-0.25, -0.2) is 0 Å². The number of hydrogen-bond donors (Lipinski definition) is 0. The van der Waals surface area contributed by atoms with Crippen LogP contribution in [0.1, 0.15) is 38.9 Å². The summed E-state index contributed by atoms with van der Waals surface area (Å²) in [6.45, 7) is 6.86. The fraction of sp³-hybridized carbons (Fsp3) is 0.0769. The third kappa shape index (κ3) is 4.00. The first kappa shape index (κ1) is 30.9. The highest BCUT2D eigenvalue weighted by molar-refractivity contribution is 6.13. The third-order valence-electron chi connectivity index (χ3n) is 12.2. The molecule has 0 N–H and O–H groups in total. The highest BCUT2D eigenvalue weighted by atomic mass is 15.0. The van der Waals surface area contributed by atoms with E-state index in [1.165, 1.54) is 105 Å². The normalized spacial score (nSPS) is 13.2. The highest BCUT2D eigenvalue weighted by Crippen LogP contribution is 2.60. The van der Waals surface area contributed by atoms with Crippen molar-refractivity contribution in [1.29, 1.82) is 0 Å². The summed E-state index contributed by atoms with van der Waals surface area (Å²) in [4.78, 5) is 0. The molecule has 0 radical (unpaired) electrons. The maximum Gasteiger partial charge on any atom is 0.0722 e. The minimum Gasteiger partial charge on any atom is -0.309 e. The second-order valence-corrected chi connectivity index (χ2v) is 15.0. The minimum absolute atomic E-state index is 0.481. The van der Waals surface area contributed by atoms with Crippen LogP contribution in [0.15, 0.2) is 176 Å². The van der Waals surface area contributed by atoms with Gasteiger partial charge in [0.2, 0.25) is 0 Å². The Morgan fingerprint density at radius 1 is 0.370 bits per heavy atom. The van der Waals surface area contributed by atoms with E-state index in [-0.39, 0.29) is 0 Å². The van der Waals surface area contributed by atoms with Crippen LogP contribution in [0.3, 0.4) is 0 Å². The monoisotopic (exact) mass is 690 g/mol. The average molecular weight is 691 g/mol. The lowest BCUT2D eigenvalue weighted by Crippen LogP contribution is -2.31. The molecule has 0 bridgehead atoms. The van der Waals surface area contributed by atoms with Crippen molar-refractivity contribution in [2.75, 3.05) is 0 Å². The molecule has 0 spiro atoms. The molecule has 0 saturated carbocycles. The third-order valence-corrected chi connectivity index (χ3v) is 12.2. The van der Waals surface area contributed by atoms with Crippen molar-refractivity contribution in [3.8, 4) is 22.5 Å². The van der Waals surface area contributed by atoms with Gasteiger partial charge in [-0.1, -0.05) is 133 Å². The lowest BCUT2D eigenvalue weighted by Gasteiger charge is -2.37. The Morgan fingerprint density at radius 2 is 0.852 bits per heavy atom. The van der Waals surface area contributed by atoms with Gasteiger partial charge in [-0.2, -0.15) is 0 Å². The van der Waals surface area contributed by atoms with Gasteiger partial charge in [0.25, 0.3) is 0 Å². The first-order valence-corrected chi connectivity index (χ1v) is 19.0. The first-order chi connectivity index (χ1) is 26.6. The second kappa shape index (κ2) is 11.4. The molecule has 1 aliphatic rings. The van der Waals surface area contributed by atoms with Crippen LogP contribution in [0, 0.1) is 20.8 Å². The number of rotatable bonds is 4. The average Bonchev–Trinajstić information content (AvgIpc) is 3.84. The molecule has 11 rings (SSSR count). The lowest BCUT2D eigenvalue weighted by atomic mass is 9.64. The maximum absolute atomic E-state index is 2.53. The Bertz CT molecular complexity index is 3050. The predicted molar refractivity (Wildman–Crippen MR) is 227 cm³/mol. The van der Waals surface area contributed by atoms with E-state index in [0.29, 0.717) is 0 Å². The molecule has 2 heterocycles. The van der Waals surface area contributed by atoms with Crippen LogP contribution in [0.4, 0.5) is 0 Å². The summed E-state index contributed by atoms with van der Waals surface area (Å²) in [5.41, 5.74) is 18.6. The number of benzene rings is 8. The van der Waals surface area contributed by atoms with Gasteiger partial charge in [-0.05, 0) is 108 Å². The summed E-state index contributed by atoms with van der Waals surface area (Å²) in [7, 11) is 0. The number of fused-ring (bicyclic) bond motifs is 9. The van der Waals surface area contributed by atoms with Crippen LogP contribution < -0.4 is 0 Å². The molecule has 0 amide bonds. The van der Waals surface area contributed by atoms with Crippen molar-refractivity contribution >= 4 is 43.6 Å². The summed E-state index contributed by atoms with van der Waals surface area (Å²) >= 11 is 0. The van der Waals surface area contributed by atoms with Crippen LogP contribution in [0.2, 0.25) is 0 Å². The molecule has 0 aliphatic heterocycles. The van der Waals surface area contributed by atoms with Gasteiger partial charge >= 0.3 is 0 Å². The van der Waals surface area contributed by atoms with Crippen molar-refractivity contribution in [2.24, 2.45) is 0 Å². The quantitative estimate of drug-likeness (QED) is 0.174. The number of hydrogen-bond acceptors (Lipinski definition) is 0. The Labute approximate surface area is 315 Å². The van der Waals surface area contributed by atoms with Crippen molar-refractivity contribution in [3.05, 3.63) is 215 Å². The van der Waals surface area contributed by atoms with E-state index in [4.69, 9.17) is 0 Å². The van der Waals surface area contributed by atoms with Crippen molar-refractivity contribution < 1.29 is 0 Å². The maximum atomic E-state index is 2.53. The summed E-state index contributed by atoms with van der Waals surface area (Å²) in [6.07, 6.45) is 0. The molecule has 256 valence electrons. The fourth-order valence-corrected chi connectivity index (χ4v) is 10.1. The molecule has 1 aliphatic carbocycles. The van der Waals surface area contributed by atoms with Crippen LogP contribution in [0.25, 0.3) is 66.1 Å². The first-order valence-electron chi connectivity index (χ1n) is 19.0. The van der Waals surface area contributed by atoms with Crippen LogP contribution in [-0.4, -0.2) is 9.13 Å². The van der Waals surface area contributed by atoms with E-state index in [1.807, 2.05) is 0 Å². The predicted octanol–water partition coefficient (Wildman–Crippen LogP) is 13.2. The molecule has 2 nitrogen and oxygen atoms in total. The van der Waals surface area contributed by atoms with E-state index < -0.39 is 5.41 Å². The van der Waals surface area contributed by atoms with Gasteiger partial charge < -0.3 is 9.13 Å². The van der Waals surface area contributed by atoms with Gasteiger partial charge in [-0.15, -0.1) is 0 Å². The van der Waals surface area contributed by atoms with Crippen molar-refractivity contribution in [2.45, 2.75) is 26.2 Å². The zero-order valence-electron chi connectivity index (χ0n) is 30.6. The number of aromatic nitrogens is 2. The zero-order valence-corrected chi connectivity index (χ0v) is 30.6. The van der Waals surface area contributed by atoms with E-state index in [2.05, 4.69) is 206 Å². The molecule has 8 aromatic carbocycles. The molecule has 10 aromatic rings. The largest absolute Gasteiger partial charge is 0.309 e. The summed E-state index contributed by atoms with van der Waals surface area (Å²) in [5, 5.41) is 5.04. The summed E-state index contributed by atoms with van der Waals surface area (Å²) < 4.78 is 4.95. The van der Waals surface area contributed by atoms with Gasteiger partial charge in [0.1, 0.15) is 0 Å². The Hall–Kier alpha value is -6.64. The molecule has 0 saturated heterocycles. The molecule has 0 atom stereocenters. The molecule has 2 aromatic heterocycles. The Balaban J connectivity index is 1.25. The molecule has 0 unspecified atom stereocenters. The van der Waals surface area contributed by atoms with E-state index >= 15 is 0 Å². The zero-order chi connectivity index (χ0) is 36.1. The van der Waals surface area contributed by atoms with Crippen molar-refractivity contribution in [1.82, 2.24) is 9.13 Å². The van der Waals surface area contributed by atoms with E-state index in [9.17, 15) is 0 Å². The Morgan fingerprint density at radius 3 is 1.46 bits per heavy atom. The molecular formula is C52H38N2. The van der Waals surface area contributed by atoms with Crippen molar-refractivity contribution in [3.63, 3.8) is 0 Å².